The number of ether oxygens (including phenoxy) is 1. The molecule has 0 amide bonds. The molecule has 0 atom stereocenters. The van der Waals surface area contributed by atoms with Crippen LogP contribution in [0.1, 0.15) is 12.3 Å². The van der Waals surface area contributed by atoms with Crippen molar-refractivity contribution in [3.8, 4) is 0 Å². The molecule has 0 fully saturated rings. The summed E-state index contributed by atoms with van der Waals surface area (Å²) in [6, 6.07) is 0. The molecule has 0 saturated heterocycles. The van der Waals surface area contributed by atoms with Crippen molar-refractivity contribution in [2.24, 2.45) is 0 Å². The van der Waals surface area contributed by atoms with Crippen molar-refractivity contribution in [1.29, 1.82) is 0 Å². The van der Waals surface area contributed by atoms with E-state index in [-0.39, 0.29) is 0 Å². The highest BCUT2D eigenvalue weighted by molar-refractivity contribution is 7.98. The molecular formula is C7H8N2O2S. The molecule has 0 radical (unpaired) electrons. The molecule has 64 valence electrons. The zero-order valence-electron chi connectivity index (χ0n) is 6.61. The maximum absolute atomic E-state index is 5.06. The molecule has 2 rings (SSSR count). The first-order valence-corrected chi connectivity index (χ1v) is 4.81. The summed E-state index contributed by atoms with van der Waals surface area (Å²) >= 11 is 1.46. The summed E-state index contributed by atoms with van der Waals surface area (Å²) in [5.74, 6) is 0.580. The topological polar surface area (TPSA) is 48.2 Å². The molecule has 0 spiro atoms. The predicted molar refractivity (Wildman–Crippen MR) is 44.6 cm³/mol. The Morgan fingerprint density at radius 1 is 1.58 bits per heavy atom. The van der Waals surface area contributed by atoms with Gasteiger partial charge in [0, 0.05) is 6.42 Å². The van der Waals surface area contributed by atoms with Gasteiger partial charge in [-0.25, -0.2) is 0 Å². The largest absolute Gasteiger partial charge is 0.500 e. The second-order valence-electron chi connectivity index (χ2n) is 2.35. The Hall–Kier alpha value is -0.970. The molecule has 0 unspecified atom stereocenters. The highest BCUT2D eigenvalue weighted by Crippen LogP contribution is 2.22. The van der Waals surface area contributed by atoms with Crippen molar-refractivity contribution < 1.29 is 9.26 Å². The van der Waals surface area contributed by atoms with Crippen molar-refractivity contribution in [3.63, 3.8) is 0 Å². The van der Waals surface area contributed by atoms with Crippen LogP contribution in [0.5, 0.6) is 0 Å². The van der Waals surface area contributed by atoms with Gasteiger partial charge in [-0.05, 0) is 11.4 Å². The van der Waals surface area contributed by atoms with Crippen LogP contribution in [0.4, 0.5) is 0 Å². The van der Waals surface area contributed by atoms with Gasteiger partial charge in [0.2, 0.25) is 5.16 Å². The van der Waals surface area contributed by atoms with Crippen molar-refractivity contribution in [1.82, 2.24) is 10.1 Å². The smallest absolute Gasteiger partial charge is 0.257 e. The molecule has 1 aliphatic heterocycles. The maximum Gasteiger partial charge on any atom is 0.257 e. The average molecular weight is 184 g/mol. The van der Waals surface area contributed by atoms with E-state index >= 15 is 0 Å². The summed E-state index contributed by atoms with van der Waals surface area (Å²) in [5, 5.41) is 4.42. The average Bonchev–Trinajstić information content (AvgIpc) is 2.75. The van der Waals surface area contributed by atoms with Crippen LogP contribution < -0.4 is 0 Å². The fourth-order valence-corrected chi connectivity index (χ4v) is 1.25. The van der Waals surface area contributed by atoms with Crippen LogP contribution in [-0.4, -0.2) is 23.0 Å². The van der Waals surface area contributed by atoms with Gasteiger partial charge >= 0.3 is 0 Å². The zero-order chi connectivity index (χ0) is 8.39. The summed E-state index contributed by atoms with van der Waals surface area (Å²) in [4.78, 5) is 4.15. The molecular weight excluding hydrogens is 176 g/mol. The van der Waals surface area contributed by atoms with E-state index in [1.807, 2.05) is 6.26 Å². The number of aromatic nitrogens is 2. The highest BCUT2D eigenvalue weighted by Gasteiger charge is 2.14. The Balaban J connectivity index is 2.22. The predicted octanol–water partition coefficient (Wildman–Crippen LogP) is 1.55. The third kappa shape index (κ3) is 1.32. The van der Waals surface area contributed by atoms with Crippen LogP contribution in [-0.2, 0) is 4.74 Å². The lowest BCUT2D eigenvalue weighted by atomic mass is 10.2. The molecule has 1 aromatic heterocycles. The first-order chi connectivity index (χ1) is 5.90. The van der Waals surface area contributed by atoms with Gasteiger partial charge in [-0.15, -0.1) is 0 Å². The lowest BCUT2D eigenvalue weighted by molar-refractivity contribution is 0.281. The van der Waals surface area contributed by atoms with Crippen LogP contribution in [0, 0.1) is 0 Å². The van der Waals surface area contributed by atoms with E-state index < -0.39 is 0 Å². The van der Waals surface area contributed by atoms with E-state index in [1.165, 1.54) is 11.8 Å². The Bertz CT molecular complexity index is 308. The Morgan fingerprint density at radius 2 is 2.50 bits per heavy atom. The first-order valence-electron chi connectivity index (χ1n) is 3.59. The molecule has 4 nitrogen and oxygen atoms in total. The van der Waals surface area contributed by atoms with Crippen LogP contribution >= 0.6 is 11.8 Å². The number of hydrogen-bond acceptors (Lipinski definition) is 5. The molecule has 0 bridgehead atoms. The summed E-state index contributed by atoms with van der Waals surface area (Å²) in [5.41, 5.74) is 0.989. The van der Waals surface area contributed by atoms with Crippen molar-refractivity contribution in [3.05, 3.63) is 12.2 Å². The molecule has 12 heavy (non-hydrogen) atoms. The van der Waals surface area contributed by atoms with Gasteiger partial charge in [0.25, 0.3) is 5.89 Å². The Labute approximate surface area is 74.0 Å². The molecule has 0 N–H and O–H groups in total. The minimum atomic E-state index is 0.580. The fourth-order valence-electron chi connectivity index (χ4n) is 0.968. The first kappa shape index (κ1) is 7.67. The molecule has 1 aliphatic rings. The molecule has 5 heteroatoms. The lowest BCUT2D eigenvalue weighted by Crippen LogP contribution is -1.81. The number of nitrogens with zero attached hydrogens (tertiary/aromatic N) is 2. The molecule has 0 aromatic carbocycles. The van der Waals surface area contributed by atoms with Gasteiger partial charge in [-0.1, -0.05) is 11.8 Å². The second-order valence-corrected chi connectivity index (χ2v) is 3.12. The van der Waals surface area contributed by atoms with Crippen LogP contribution in [0.3, 0.4) is 0 Å². The van der Waals surface area contributed by atoms with Gasteiger partial charge in [0.1, 0.15) is 0 Å². The van der Waals surface area contributed by atoms with Gasteiger partial charge in [0.05, 0.1) is 18.4 Å². The van der Waals surface area contributed by atoms with Gasteiger partial charge in [-0.2, -0.15) is 4.98 Å². The summed E-state index contributed by atoms with van der Waals surface area (Å²) in [6.45, 7) is 0.715. The number of hydrogen-bond donors (Lipinski definition) is 0. The van der Waals surface area contributed by atoms with Crippen molar-refractivity contribution in [2.75, 3.05) is 12.9 Å². The Kier molecular flexibility index (Phi) is 2.03. The molecule has 0 saturated carbocycles. The van der Waals surface area contributed by atoms with Gasteiger partial charge < -0.3 is 9.26 Å². The molecule has 2 heterocycles. The third-order valence-corrected chi connectivity index (χ3v) is 2.11. The zero-order valence-corrected chi connectivity index (χ0v) is 7.43. The highest BCUT2D eigenvalue weighted by atomic mass is 32.2. The normalized spacial score (nSPS) is 15.9. The number of thioether (sulfide) groups is 1. The quantitative estimate of drug-likeness (QED) is 0.653. The second kappa shape index (κ2) is 3.18. The van der Waals surface area contributed by atoms with Crippen LogP contribution in [0.25, 0.3) is 5.57 Å². The SMILES string of the molecule is CSc1noc(C2=COCC2)n1. The summed E-state index contributed by atoms with van der Waals surface area (Å²) in [7, 11) is 0. The van der Waals surface area contributed by atoms with Crippen LogP contribution in [0.15, 0.2) is 15.9 Å². The summed E-state index contributed by atoms with van der Waals surface area (Å²) in [6.07, 6.45) is 4.45. The van der Waals surface area contributed by atoms with Crippen LogP contribution in [0.2, 0.25) is 0 Å². The van der Waals surface area contributed by atoms with Gasteiger partial charge in [0.15, 0.2) is 0 Å². The van der Waals surface area contributed by atoms with E-state index in [0.717, 1.165) is 12.0 Å². The van der Waals surface area contributed by atoms with E-state index in [0.29, 0.717) is 17.7 Å². The standard InChI is InChI=1S/C7H8N2O2S/c1-12-7-8-6(11-9-7)5-2-3-10-4-5/h4H,2-3H2,1H3. The van der Waals surface area contributed by atoms with Crippen molar-refractivity contribution >= 4 is 17.3 Å². The van der Waals surface area contributed by atoms with Gasteiger partial charge in [-0.3, -0.25) is 0 Å². The Morgan fingerprint density at radius 3 is 3.08 bits per heavy atom. The van der Waals surface area contributed by atoms with E-state index in [1.54, 1.807) is 6.26 Å². The minimum absolute atomic E-state index is 0.580. The van der Waals surface area contributed by atoms with Crippen molar-refractivity contribution in [2.45, 2.75) is 11.6 Å². The molecule has 0 aliphatic carbocycles. The lowest BCUT2D eigenvalue weighted by Gasteiger charge is -1.86. The third-order valence-electron chi connectivity index (χ3n) is 1.58. The van der Waals surface area contributed by atoms with E-state index in [4.69, 9.17) is 9.26 Å². The minimum Gasteiger partial charge on any atom is -0.500 e. The van der Waals surface area contributed by atoms with E-state index in [9.17, 15) is 0 Å². The number of rotatable bonds is 2. The maximum atomic E-state index is 5.06. The monoisotopic (exact) mass is 184 g/mol. The fraction of sp³-hybridized carbons (Fsp3) is 0.429. The molecule has 1 aromatic rings. The van der Waals surface area contributed by atoms with E-state index in [2.05, 4.69) is 10.1 Å². The summed E-state index contributed by atoms with van der Waals surface area (Å²) < 4.78 is 10.1.